The van der Waals surface area contributed by atoms with Crippen LogP contribution in [0, 0.1) is 0 Å². The predicted molar refractivity (Wildman–Crippen MR) is 101 cm³/mol. The average Bonchev–Trinajstić information content (AvgIpc) is 2.45. The quantitative estimate of drug-likeness (QED) is 0.293. The molecule has 0 aromatic carbocycles. The van der Waals surface area contributed by atoms with Gasteiger partial charge in [0.15, 0.2) is 0 Å². The standard InChI is InChI=1S/C19H35O3P/c1-7-21-23(20,22-8-2)16-15-19(6)14-10-13-18(5)12-9-11-17(3)4/h11,13,15H,7-10,12,14,16H2,1-6H3. The van der Waals surface area contributed by atoms with Gasteiger partial charge in [-0.05, 0) is 67.2 Å². The van der Waals surface area contributed by atoms with Crippen molar-refractivity contribution < 1.29 is 13.6 Å². The molecule has 0 unspecified atom stereocenters. The molecule has 0 bridgehead atoms. The van der Waals surface area contributed by atoms with Crippen LogP contribution >= 0.6 is 7.60 Å². The molecule has 4 heteroatoms. The molecule has 23 heavy (non-hydrogen) atoms. The summed E-state index contributed by atoms with van der Waals surface area (Å²) in [5.41, 5.74) is 4.05. The van der Waals surface area contributed by atoms with Crippen LogP contribution in [-0.4, -0.2) is 19.4 Å². The predicted octanol–water partition coefficient (Wildman–Crippen LogP) is 6.67. The van der Waals surface area contributed by atoms with Crippen LogP contribution < -0.4 is 0 Å². The van der Waals surface area contributed by atoms with Crippen molar-refractivity contribution in [3.8, 4) is 0 Å². The maximum Gasteiger partial charge on any atom is 0.334 e. The van der Waals surface area contributed by atoms with Gasteiger partial charge in [0.1, 0.15) is 0 Å². The van der Waals surface area contributed by atoms with Gasteiger partial charge in [-0.1, -0.05) is 34.9 Å². The van der Waals surface area contributed by atoms with Crippen LogP contribution in [0.3, 0.4) is 0 Å². The lowest BCUT2D eigenvalue weighted by Gasteiger charge is -2.15. The molecule has 0 aromatic rings. The lowest BCUT2D eigenvalue weighted by molar-refractivity contribution is 0.222. The summed E-state index contributed by atoms with van der Waals surface area (Å²) in [6, 6.07) is 0. The molecule has 0 fully saturated rings. The van der Waals surface area contributed by atoms with E-state index in [-0.39, 0.29) is 0 Å². The highest BCUT2D eigenvalue weighted by Crippen LogP contribution is 2.48. The van der Waals surface area contributed by atoms with Crippen molar-refractivity contribution in [2.24, 2.45) is 0 Å². The molecule has 0 aliphatic carbocycles. The van der Waals surface area contributed by atoms with Crippen molar-refractivity contribution >= 4 is 7.60 Å². The van der Waals surface area contributed by atoms with Crippen molar-refractivity contribution in [1.29, 1.82) is 0 Å². The fourth-order valence-electron chi connectivity index (χ4n) is 2.14. The molecule has 0 aromatic heterocycles. The van der Waals surface area contributed by atoms with Gasteiger partial charge >= 0.3 is 7.60 Å². The fraction of sp³-hybridized carbons (Fsp3) is 0.684. The lowest BCUT2D eigenvalue weighted by Crippen LogP contribution is -1.99. The number of hydrogen-bond acceptors (Lipinski definition) is 3. The third-order valence-electron chi connectivity index (χ3n) is 3.44. The van der Waals surface area contributed by atoms with Crippen molar-refractivity contribution in [3.05, 3.63) is 34.9 Å². The number of hydrogen-bond donors (Lipinski definition) is 0. The summed E-state index contributed by atoms with van der Waals surface area (Å²) in [5.74, 6) is 0. The first-order chi connectivity index (χ1) is 10.8. The first-order valence-corrected chi connectivity index (χ1v) is 10.4. The Balaban J connectivity index is 4.29. The summed E-state index contributed by atoms with van der Waals surface area (Å²) < 4.78 is 23.0. The molecule has 0 N–H and O–H groups in total. The summed E-state index contributed by atoms with van der Waals surface area (Å²) in [7, 11) is -2.95. The zero-order valence-electron chi connectivity index (χ0n) is 15.9. The highest BCUT2D eigenvalue weighted by molar-refractivity contribution is 7.54. The van der Waals surface area contributed by atoms with E-state index >= 15 is 0 Å². The first-order valence-electron chi connectivity index (χ1n) is 8.65. The molecular weight excluding hydrogens is 307 g/mol. The lowest BCUT2D eigenvalue weighted by atomic mass is 10.1. The minimum atomic E-state index is -2.95. The molecule has 3 nitrogen and oxygen atoms in total. The Morgan fingerprint density at radius 3 is 1.78 bits per heavy atom. The second-order valence-corrected chi connectivity index (χ2v) is 8.19. The van der Waals surface area contributed by atoms with E-state index in [0.717, 1.165) is 25.7 Å². The van der Waals surface area contributed by atoms with Crippen LogP contribution in [0.5, 0.6) is 0 Å². The monoisotopic (exact) mass is 342 g/mol. The molecule has 0 saturated carbocycles. The zero-order chi connectivity index (χ0) is 17.7. The molecule has 0 rings (SSSR count). The average molecular weight is 342 g/mol. The highest BCUT2D eigenvalue weighted by Gasteiger charge is 2.21. The summed E-state index contributed by atoms with van der Waals surface area (Å²) in [6.07, 6.45) is 11.2. The summed E-state index contributed by atoms with van der Waals surface area (Å²) in [5, 5.41) is 0. The van der Waals surface area contributed by atoms with E-state index in [1.54, 1.807) is 0 Å². The van der Waals surface area contributed by atoms with Crippen LogP contribution in [0.2, 0.25) is 0 Å². The van der Waals surface area contributed by atoms with Crippen molar-refractivity contribution in [1.82, 2.24) is 0 Å². The van der Waals surface area contributed by atoms with Gasteiger partial charge in [0, 0.05) is 0 Å². The Bertz CT molecular complexity index is 447. The molecule has 0 aliphatic rings. The molecule has 0 atom stereocenters. The van der Waals surface area contributed by atoms with Crippen molar-refractivity contribution in [2.75, 3.05) is 19.4 Å². The van der Waals surface area contributed by atoms with E-state index in [9.17, 15) is 4.57 Å². The minimum absolute atomic E-state index is 0.365. The van der Waals surface area contributed by atoms with E-state index in [0.29, 0.717) is 19.4 Å². The fourth-order valence-corrected chi connectivity index (χ4v) is 3.75. The van der Waals surface area contributed by atoms with Crippen LogP contribution in [0.4, 0.5) is 0 Å². The van der Waals surface area contributed by atoms with Gasteiger partial charge in [0.25, 0.3) is 0 Å². The number of rotatable bonds is 12. The van der Waals surface area contributed by atoms with Gasteiger partial charge in [-0.2, -0.15) is 0 Å². The third kappa shape index (κ3) is 12.5. The molecule has 0 radical (unpaired) electrons. The van der Waals surface area contributed by atoms with E-state index in [4.69, 9.17) is 9.05 Å². The second-order valence-electron chi connectivity index (χ2n) is 6.09. The van der Waals surface area contributed by atoms with Crippen LogP contribution in [0.1, 0.15) is 67.2 Å². The Hall–Kier alpha value is -0.630. The highest BCUT2D eigenvalue weighted by atomic mass is 31.2. The van der Waals surface area contributed by atoms with Gasteiger partial charge in [0.05, 0.1) is 19.4 Å². The van der Waals surface area contributed by atoms with E-state index in [1.165, 1.54) is 16.7 Å². The molecule has 0 amide bonds. The molecule has 0 spiro atoms. The Morgan fingerprint density at radius 2 is 1.30 bits per heavy atom. The Kier molecular flexibility index (Phi) is 12.4. The largest absolute Gasteiger partial charge is 0.334 e. The van der Waals surface area contributed by atoms with Crippen LogP contribution in [0.25, 0.3) is 0 Å². The summed E-state index contributed by atoms with van der Waals surface area (Å²) in [6.45, 7) is 13.0. The Labute approximate surface area is 143 Å². The Morgan fingerprint density at radius 1 is 0.826 bits per heavy atom. The third-order valence-corrected chi connectivity index (χ3v) is 5.37. The van der Waals surface area contributed by atoms with Gasteiger partial charge in [-0.15, -0.1) is 0 Å². The molecule has 134 valence electrons. The maximum atomic E-state index is 12.4. The van der Waals surface area contributed by atoms with Crippen molar-refractivity contribution in [3.63, 3.8) is 0 Å². The molecule has 0 aliphatic heterocycles. The van der Waals surface area contributed by atoms with Gasteiger partial charge in [-0.3, -0.25) is 4.57 Å². The summed E-state index contributed by atoms with van der Waals surface area (Å²) >= 11 is 0. The van der Waals surface area contributed by atoms with Crippen LogP contribution in [-0.2, 0) is 13.6 Å². The van der Waals surface area contributed by atoms with Crippen LogP contribution in [0.15, 0.2) is 34.9 Å². The second kappa shape index (κ2) is 12.8. The summed E-state index contributed by atoms with van der Waals surface area (Å²) in [4.78, 5) is 0. The molecule has 0 heterocycles. The van der Waals surface area contributed by atoms with E-state index in [2.05, 4.69) is 39.8 Å². The normalized spacial score (nSPS) is 13.3. The molecule has 0 saturated heterocycles. The SMILES string of the molecule is CCOP(=O)(CC=C(C)CCC=C(C)CCC=C(C)C)OCC. The first kappa shape index (κ1) is 22.4. The van der Waals surface area contributed by atoms with Gasteiger partial charge in [-0.25, -0.2) is 0 Å². The van der Waals surface area contributed by atoms with Gasteiger partial charge in [0.2, 0.25) is 0 Å². The smallest absolute Gasteiger partial charge is 0.309 e. The maximum absolute atomic E-state index is 12.4. The molecular formula is C19H35O3P. The zero-order valence-corrected chi connectivity index (χ0v) is 16.7. The van der Waals surface area contributed by atoms with E-state index in [1.807, 2.05) is 19.9 Å². The van der Waals surface area contributed by atoms with E-state index < -0.39 is 7.60 Å². The topological polar surface area (TPSA) is 35.5 Å². The number of allylic oxidation sites excluding steroid dienone is 6. The van der Waals surface area contributed by atoms with Crippen molar-refractivity contribution in [2.45, 2.75) is 67.2 Å². The minimum Gasteiger partial charge on any atom is -0.309 e. The van der Waals surface area contributed by atoms with Gasteiger partial charge < -0.3 is 9.05 Å².